The fourth-order valence-electron chi connectivity index (χ4n) is 3.15. The summed E-state index contributed by atoms with van der Waals surface area (Å²) in [6.07, 6.45) is 1.86. The van der Waals surface area contributed by atoms with E-state index in [2.05, 4.69) is 29.0 Å². The molecule has 1 N–H and O–H groups in total. The number of carbonyl (C=O) groups is 1. The van der Waals surface area contributed by atoms with Crippen molar-refractivity contribution in [3.05, 3.63) is 0 Å². The first kappa shape index (κ1) is 22.3. The monoisotopic (exact) mass is 371 g/mol. The van der Waals surface area contributed by atoms with Crippen molar-refractivity contribution in [3.63, 3.8) is 0 Å². The van der Waals surface area contributed by atoms with Gasteiger partial charge in [-0.25, -0.2) is 0 Å². The number of carbonyl (C=O) groups excluding carboxylic acids is 1. The van der Waals surface area contributed by atoms with Crippen LogP contribution in [0.2, 0.25) is 0 Å². The first-order valence-electron chi connectivity index (χ1n) is 8.04. The van der Waals surface area contributed by atoms with Gasteiger partial charge in [-0.15, -0.1) is 24.8 Å². The number of likely N-dealkylation sites (tertiary alicyclic amines) is 1. The van der Waals surface area contributed by atoms with E-state index in [9.17, 15) is 4.79 Å². The van der Waals surface area contributed by atoms with Crippen molar-refractivity contribution in [2.75, 3.05) is 50.8 Å². The predicted molar refractivity (Wildman–Crippen MR) is 101 cm³/mol. The fourth-order valence-corrected chi connectivity index (χ4v) is 4.09. The highest BCUT2D eigenvalue weighted by Crippen LogP contribution is 2.19. The molecule has 0 aliphatic carbocycles. The average molecular weight is 372 g/mol. The molecule has 7 heteroatoms. The van der Waals surface area contributed by atoms with E-state index in [0.29, 0.717) is 24.3 Å². The molecule has 2 saturated heterocycles. The van der Waals surface area contributed by atoms with Crippen LogP contribution in [0, 0.1) is 5.92 Å². The molecular weight excluding hydrogens is 341 g/mol. The van der Waals surface area contributed by atoms with E-state index in [1.54, 1.807) is 0 Å². The zero-order chi connectivity index (χ0) is 14.4. The Labute approximate surface area is 151 Å². The molecule has 2 atom stereocenters. The number of hydrogen-bond acceptors (Lipinski definition) is 4. The summed E-state index contributed by atoms with van der Waals surface area (Å²) in [6, 6.07) is 0.392. The molecule has 2 rings (SSSR count). The Balaban J connectivity index is 0.00000220. The van der Waals surface area contributed by atoms with Crippen molar-refractivity contribution in [2.45, 2.75) is 32.7 Å². The molecule has 0 spiro atoms. The summed E-state index contributed by atoms with van der Waals surface area (Å²) < 4.78 is 0. The van der Waals surface area contributed by atoms with Gasteiger partial charge in [-0.1, -0.05) is 13.8 Å². The van der Waals surface area contributed by atoms with Crippen LogP contribution in [0.4, 0.5) is 0 Å². The lowest BCUT2D eigenvalue weighted by molar-refractivity contribution is -0.130. The molecule has 0 radical (unpaired) electrons. The Bertz CT molecular complexity index is 313. The molecule has 2 aliphatic rings. The summed E-state index contributed by atoms with van der Waals surface area (Å²) in [5.41, 5.74) is 0. The van der Waals surface area contributed by atoms with Gasteiger partial charge < -0.3 is 15.1 Å². The van der Waals surface area contributed by atoms with Gasteiger partial charge in [0.2, 0.25) is 5.91 Å². The smallest absolute Gasteiger partial charge is 0.224 e. The van der Waals surface area contributed by atoms with E-state index in [-0.39, 0.29) is 24.8 Å². The molecule has 132 valence electrons. The molecule has 1 amide bonds. The van der Waals surface area contributed by atoms with Crippen molar-refractivity contribution < 1.29 is 4.79 Å². The van der Waals surface area contributed by atoms with Gasteiger partial charge in [0.05, 0.1) is 0 Å². The lowest BCUT2D eigenvalue weighted by Crippen LogP contribution is -2.42. The standard InChI is InChI=1S/C15H29N3OS.2ClH/c1-3-17(4-2)10-13-5-7-18(11-13)15(19)9-14-12-20-8-6-16-14;;/h13-14,16H,3-12H2,1-2H3;2*1H. The zero-order valence-electron chi connectivity index (χ0n) is 13.8. The largest absolute Gasteiger partial charge is 0.342 e. The van der Waals surface area contributed by atoms with Crippen LogP contribution < -0.4 is 5.32 Å². The third kappa shape index (κ3) is 6.83. The first-order chi connectivity index (χ1) is 9.72. The van der Waals surface area contributed by atoms with Crippen molar-refractivity contribution in [1.29, 1.82) is 0 Å². The van der Waals surface area contributed by atoms with Crippen LogP contribution in [0.5, 0.6) is 0 Å². The van der Waals surface area contributed by atoms with Crippen LogP contribution >= 0.6 is 36.6 Å². The summed E-state index contributed by atoms with van der Waals surface area (Å²) in [5.74, 6) is 3.29. The third-order valence-corrected chi connectivity index (χ3v) is 5.60. The SMILES string of the molecule is CCN(CC)CC1CCN(C(=O)CC2CSCCN2)C1.Cl.Cl. The predicted octanol–water partition coefficient (Wildman–Crippen LogP) is 2.12. The van der Waals surface area contributed by atoms with Crippen LogP contribution in [0.25, 0.3) is 0 Å². The van der Waals surface area contributed by atoms with Crippen molar-refractivity contribution >= 4 is 42.5 Å². The summed E-state index contributed by atoms with van der Waals surface area (Å²) in [7, 11) is 0. The average Bonchev–Trinajstić information content (AvgIpc) is 2.94. The minimum atomic E-state index is 0. The molecule has 0 saturated carbocycles. The van der Waals surface area contributed by atoms with E-state index < -0.39 is 0 Å². The number of amides is 1. The Hall–Kier alpha value is 0.320. The summed E-state index contributed by atoms with van der Waals surface area (Å²) in [5, 5.41) is 3.46. The molecule has 2 fully saturated rings. The van der Waals surface area contributed by atoms with E-state index in [4.69, 9.17) is 0 Å². The highest BCUT2D eigenvalue weighted by molar-refractivity contribution is 7.99. The first-order valence-corrected chi connectivity index (χ1v) is 9.19. The quantitative estimate of drug-likeness (QED) is 0.775. The molecule has 0 bridgehead atoms. The van der Waals surface area contributed by atoms with Gasteiger partial charge >= 0.3 is 0 Å². The van der Waals surface area contributed by atoms with Gasteiger partial charge in [0.15, 0.2) is 0 Å². The van der Waals surface area contributed by atoms with E-state index >= 15 is 0 Å². The van der Waals surface area contributed by atoms with Gasteiger partial charge in [0.1, 0.15) is 0 Å². The summed E-state index contributed by atoms with van der Waals surface area (Å²) >= 11 is 1.96. The number of hydrogen-bond donors (Lipinski definition) is 1. The van der Waals surface area contributed by atoms with Gasteiger partial charge in [0.25, 0.3) is 0 Å². The number of thioether (sulfide) groups is 1. The van der Waals surface area contributed by atoms with Crippen LogP contribution in [0.15, 0.2) is 0 Å². The normalized spacial score (nSPS) is 24.8. The van der Waals surface area contributed by atoms with E-state index in [0.717, 1.165) is 45.0 Å². The zero-order valence-corrected chi connectivity index (χ0v) is 16.2. The molecule has 0 aromatic rings. The van der Waals surface area contributed by atoms with E-state index in [1.807, 2.05) is 11.8 Å². The molecule has 2 unspecified atom stereocenters. The van der Waals surface area contributed by atoms with Gasteiger partial charge in [0, 0.05) is 50.1 Å². The maximum atomic E-state index is 12.3. The second kappa shape index (κ2) is 11.8. The lowest BCUT2D eigenvalue weighted by Gasteiger charge is -2.26. The highest BCUT2D eigenvalue weighted by Gasteiger charge is 2.28. The minimum Gasteiger partial charge on any atom is -0.342 e. The molecule has 2 aliphatic heterocycles. The Morgan fingerprint density at radius 1 is 1.32 bits per heavy atom. The fraction of sp³-hybridized carbons (Fsp3) is 0.933. The third-order valence-electron chi connectivity index (χ3n) is 4.47. The number of rotatable bonds is 6. The summed E-state index contributed by atoms with van der Waals surface area (Å²) in [6.45, 7) is 10.8. The lowest BCUT2D eigenvalue weighted by atomic mass is 10.1. The molecule has 0 aromatic carbocycles. The molecule has 0 aromatic heterocycles. The van der Waals surface area contributed by atoms with Crippen molar-refractivity contribution in [3.8, 4) is 0 Å². The maximum absolute atomic E-state index is 12.3. The van der Waals surface area contributed by atoms with Gasteiger partial charge in [-0.2, -0.15) is 11.8 Å². The summed E-state index contributed by atoms with van der Waals surface area (Å²) in [4.78, 5) is 16.9. The van der Waals surface area contributed by atoms with Crippen LogP contribution in [-0.4, -0.2) is 72.5 Å². The second-order valence-electron chi connectivity index (χ2n) is 5.91. The second-order valence-corrected chi connectivity index (χ2v) is 7.06. The Morgan fingerprint density at radius 3 is 2.64 bits per heavy atom. The van der Waals surface area contributed by atoms with Gasteiger partial charge in [-0.05, 0) is 25.4 Å². The minimum absolute atomic E-state index is 0. The molecular formula is C15H31Cl2N3OS. The van der Waals surface area contributed by atoms with Crippen molar-refractivity contribution in [2.24, 2.45) is 5.92 Å². The van der Waals surface area contributed by atoms with Crippen LogP contribution in [0.1, 0.15) is 26.7 Å². The maximum Gasteiger partial charge on any atom is 0.224 e. The molecule has 22 heavy (non-hydrogen) atoms. The van der Waals surface area contributed by atoms with Gasteiger partial charge in [-0.3, -0.25) is 4.79 Å². The number of nitrogens with zero attached hydrogens (tertiary/aromatic N) is 2. The van der Waals surface area contributed by atoms with E-state index in [1.165, 1.54) is 12.2 Å². The highest BCUT2D eigenvalue weighted by atomic mass is 35.5. The van der Waals surface area contributed by atoms with Crippen LogP contribution in [-0.2, 0) is 4.79 Å². The number of halogens is 2. The Morgan fingerprint density at radius 2 is 2.05 bits per heavy atom. The Kier molecular flexibility index (Phi) is 12.0. The topological polar surface area (TPSA) is 35.6 Å². The van der Waals surface area contributed by atoms with Crippen molar-refractivity contribution in [1.82, 2.24) is 15.1 Å². The van der Waals surface area contributed by atoms with Crippen LogP contribution in [0.3, 0.4) is 0 Å². The number of nitrogens with one attached hydrogen (secondary N) is 1. The molecule has 2 heterocycles. The molecule has 4 nitrogen and oxygen atoms in total.